The summed E-state index contributed by atoms with van der Waals surface area (Å²) in [5.74, 6) is 0. The summed E-state index contributed by atoms with van der Waals surface area (Å²) in [6, 6.07) is 0. The second kappa shape index (κ2) is 4.58. The molecule has 0 aromatic rings. The summed E-state index contributed by atoms with van der Waals surface area (Å²) >= 11 is 0. The molecule has 0 aliphatic heterocycles. The van der Waals surface area contributed by atoms with E-state index in [9.17, 15) is 13.0 Å². The minimum Gasteiger partial charge on any atom is -1.00 e. The molecule has 0 heterocycles. The van der Waals surface area contributed by atoms with Gasteiger partial charge in [-0.2, -0.15) is 8.42 Å². The van der Waals surface area contributed by atoms with Crippen LogP contribution in [0.3, 0.4) is 0 Å². The van der Waals surface area contributed by atoms with Crippen molar-refractivity contribution in [1.29, 1.82) is 0 Å². The zero-order valence-electron chi connectivity index (χ0n) is 6.54. The normalized spacial score (nSPS) is 12.3. The molecule has 0 atom stereocenters. The topological polar surface area (TPSA) is 121 Å². The summed E-state index contributed by atoms with van der Waals surface area (Å²) in [4.78, 5) is 15.4. The smallest absolute Gasteiger partial charge is 1.00 e. The largest absolute Gasteiger partial charge is 2.00 e. The molecule has 0 amide bonds. The Morgan fingerprint density at radius 2 is 1.70 bits per heavy atom. The van der Waals surface area contributed by atoms with Crippen molar-refractivity contribution in [3.05, 3.63) is 0 Å². The SMILES string of the molecule is O=P(O)(O)OS(=O)(=O)O.[Ba+2].[H-].[H-]. The maximum atomic E-state index is 9.58. The maximum absolute atomic E-state index is 9.58. The van der Waals surface area contributed by atoms with Crippen LogP contribution in [0.2, 0.25) is 0 Å². The molecule has 0 aromatic carbocycles. The first-order chi connectivity index (χ1) is 3.71. The first-order valence-electron chi connectivity index (χ1n) is 1.45. The van der Waals surface area contributed by atoms with E-state index in [1.165, 1.54) is 0 Å². The fourth-order valence-corrected chi connectivity index (χ4v) is 1.10. The Hall–Kier alpha value is 1.59. The number of hydrogen-bond acceptors (Lipinski definition) is 4. The zero-order valence-corrected chi connectivity index (χ0v) is 10.7. The molecular weight excluding hydrogens is 312 g/mol. The average Bonchev–Trinajstić information content (AvgIpc) is 1.14. The van der Waals surface area contributed by atoms with Crippen LogP contribution < -0.4 is 0 Å². The van der Waals surface area contributed by atoms with E-state index < -0.39 is 18.2 Å². The molecule has 60 valence electrons. The Balaban J connectivity index is -0.000000107. The Morgan fingerprint density at radius 1 is 1.40 bits per heavy atom. The number of phosphoric acid groups is 1. The Bertz CT molecular complexity index is 228. The number of hydrogen-bond donors (Lipinski definition) is 3. The van der Waals surface area contributed by atoms with Crippen LogP contribution in [0.4, 0.5) is 0 Å². The summed E-state index contributed by atoms with van der Waals surface area (Å²) in [5, 5.41) is 0. The fraction of sp³-hybridized carbons (Fsp3) is 0. The molecule has 0 aliphatic carbocycles. The molecule has 7 nitrogen and oxygen atoms in total. The molecule has 0 fully saturated rings. The Morgan fingerprint density at radius 3 is 1.70 bits per heavy atom. The van der Waals surface area contributed by atoms with E-state index in [0.717, 1.165) is 0 Å². The minimum absolute atomic E-state index is 0. The summed E-state index contributed by atoms with van der Waals surface area (Å²) in [6.45, 7) is 0. The molecular formula is H5BaO7PS. The van der Waals surface area contributed by atoms with Gasteiger partial charge in [0.1, 0.15) is 0 Å². The first kappa shape index (κ1) is 14.1. The van der Waals surface area contributed by atoms with Gasteiger partial charge in [-0.05, 0) is 0 Å². The molecule has 0 aromatic heterocycles. The second-order valence-electron chi connectivity index (χ2n) is 0.993. The summed E-state index contributed by atoms with van der Waals surface area (Å²) in [7, 11) is -10.2. The summed E-state index contributed by atoms with van der Waals surface area (Å²) < 4.78 is 39.0. The molecule has 3 N–H and O–H groups in total. The Labute approximate surface area is 100 Å². The van der Waals surface area contributed by atoms with Crippen molar-refractivity contribution in [2.24, 2.45) is 0 Å². The molecule has 0 saturated heterocycles. The molecule has 10 heavy (non-hydrogen) atoms. The van der Waals surface area contributed by atoms with Crippen LogP contribution in [-0.2, 0) is 18.9 Å². The van der Waals surface area contributed by atoms with Gasteiger partial charge in [0.2, 0.25) is 0 Å². The van der Waals surface area contributed by atoms with Crippen LogP contribution in [0.5, 0.6) is 0 Å². The van der Waals surface area contributed by atoms with Crippen LogP contribution in [-0.4, -0.2) is 71.6 Å². The van der Waals surface area contributed by atoms with Gasteiger partial charge in [-0.15, -0.1) is 3.97 Å². The minimum atomic E-state index is -5.13. The van der Waals surface area contributed by atoms with Crippen LogP contribution in [0.1, 0.15) is 2.85 Å². The van der Waals surface area contributed by atoms with Gasteiger partial charge in [0.25, 0.3) is 0 Å². The van der Waals surface area contributed by atoms with Crippen LogP contribution in [0, 0.1) is 0 Å². The third kappa shape index (κ3) is 12.3. The standard InChI is InChI=1S/Ba.H3O7PS.2H/c;1-8(2,3)7-9(4,5)6;;/h;(H2,1,2,3)(H,4,5,6);;/q+2;;2*-1. The fourth-order valence-electron chi connectivity index (χ4n) is 0.123. The molecule has 0 bridgehead atoms. The maximum Gasteiger partial charge on any atom is 2.00 e. The van der Waals surface area contributed by atoms with E-state index in [1.54, 1.807) is 0 Å². The third-order valence-electron chi connectivity index (χ3n) is 0.191. The molecule has 0 radical (unpaired) electrons. The van der Waals surface area contributed by atoms with Crippen LogP contribution >= 0.6 is 7.82 Å². The van der Waals surface area contributed by atoms with Gasteiger partial charge >= 0.3 is 67.1 Å². The van der Waals surface area contributed by atoms with Crippen LogP contribution in [0.25, 0.3) is 0 Å². The van der Waals surface area contributed by atoms with Gasteiger partial charge < -0.3 is 12.6 Å². The van der Waals surface area contributed by atoms with Crippen molar-refractivity contribution in [2.75, 3.05) is 0 Å². The predicted molar refractivity (Wildman–Crippen MR) is 32.7 cm³/mol. The van der Waals surface area contributed by atoms with E-state index in [0.29, 0.717) is 0 Å². The van der Waals surface area contributed by atoms with Crippen LogP contribution in [0.15, 0.2) is 0 Å². The quantitative estimate of drug-likeness (QED) is 0.330. The molecule has 0 aliphatic rings. The van der Waals surface area contributed by atoms with Gasteiger partial charge in [-0.25, -0.2) is 4.57 Å². The van der Waals surface area contributed by atoms with Crippen molar-refractivity contribution in [3.63, 3.8) is 0 Å². The Kier molecular flexibility index (Phi) is 6.47. The molecule has 0 spiro atoms. The van der Waals surface area contributed by atoms with Gasteiger partial charge in [0.15, 0.2) is 0 Å². The van der Waals surface area contributed by atoms with Crippen molar-refractivity contribution < 1.29 is 34.1 Å². The molecule has 0 rings (SSSR count). The molecule has 0 saturated carbocycles. The van der Waals surface area contributed by atoms with Gasteiger partial charge in [-0.3, -0.25) is 4.55 Å². The number of rotatable bonds is 2. The predicted octanol–water partition coefficient (Wildman–Crippen LogP) is -1.26. The second-order valence-corrected chi connectivity index (χ2v) is 3.43. The van der Waals surface area contributed by atoms with E-state index >= 15 is 0 Å². The average molecular weight is 317 g/mol. The van der Waals surface area contributed by atoms with E-state index in [-0.39, 0.29) is 51.7 Å². The summed E-state index contributed by atoms with van der Waals surface area (Å²) in [6.07, 6.45) is 0. The summed E-state index contributed by atoms with van der Waals surface area (Å²) in [5.41, 5.74) is 0. The first-order valence-corrected chi connectivity index (χ1v) is 4.34. The van der Waals surface area contributed by atoms with Crippen molar-refractivity contribution in [1.82, 2.24) is 0 Å². The monoisotopic (exact) mass is 318 g/mol. The molecule has 10 heteroatoms. The van der Waals surface area contributed by atoms with Crippen molar-refractivity contribution >= 4 is 67.1 Å². The van der Waals surface area contributed by atoms with E-state index in [1.807, 2.05) is 0 Å². The van der Waals surface area contributed by atoms with E-state index in [2.05, 4.69) is 3.97 Å². The van der Waals surface area contributed by atoms with Gasteiger partial charge in [0.05, 0.1) is 0 Å². The third-order valence-corrected chi connectivity index (χ3v) is 1.72. The zero-order chi connectivity index (χ0) is 7.71. The van der Waals surface area contributed by atoms with Crippen molar-refractivity contribution in [2.45, 2.75) is 0 Å². The van der Waals surface area contributed by atoms with Gasteiger partial charge in [0, 0.05) is 0 Å². The van der Waals surface area contributed by atoms with Gasteiger partial charge in [-0.1, -0.05) is 0 Å². The molecule has 0 unspecified atom stereocenters. The van der Waals surface area contributed by atoms with Crippen molar-refractivity contribution in [3.8, 4) is 0 Å². The van der Waals surface area contributed by atoms with E-state index in [4.69, 9.17) is 14.3 Å².